The summed E-state index contributed by atoms with van der Waals surface area (Å²) in [5.41, 5.74) is -3.88. The van der Waals surface area contributed by atoms with Gasteiger partial charge < -0.3 is 0 Å². The van der Waals surface area contributed by atoms with Crippen LogP contribution in [0.5, 0.6) is 0 Å². The van der Waals surface area contributed by atoms with Crippen LogP contribution >= 0.6 is 0 Å². The van der Waals surface area contributed by atoms with Crippen molar-refractivity contribution in [3.8, 4) is 16.9 Å². The van der Waals surface area contributed by atoms with Crippen molar-refractivity contribution in [1.29, 1.82) is 0 Å². The van der Waals surface area contributed by atoms with Gasteiger partial charge in [0.05, 0.1) is 11.3 Å². The number of sulfone groups is 1. The van der Waals surface area contributed by atoms with Crippen molar-refractivity contribution in [2.45, 2.75) is 24.2 Å². The first-order chi connectivity index (χ1) is 16.2. The Balaban J connectivity index is 1.94. The Morgan fingerprint density at radius 2 is 1.63 bits per heavy atom. The van der Waals surface area contributed by atoms with Crippen LogP contribution in [0.3, 0.4) is 0 Å². The topological polar surface area (TPSA) is 99.2 Å². The Hall–Kier alpha value is -3.75. The fourth-order valence-corrected chi connectivity index (χ4v) is 4.21. The molecule has 0 atom stereocenters. The minimum Gasteiger partial charge on any atom is -0.243 e. The van der Waals surface area contributed by atoms with Crippen molar-refractivity contribution in [3.63, 3.8) is 0 Å². The first kappa shape index (κ1) is 24.4. The number of hydrogen-bond acceptors (Lipinski definition) is 6. The van der Waals surface area contributed by atoms with Gasteiger partial charge in [0.2, 0.25) is 0 Å². The Morgan fingerprint density at radius 1 is 0.914 bits per heavy atom. The second-order valence-corrected chi connectivity index (χ2v) is 9.46. The van der Waals surface area contributed by atoms with Gasteiger partial charge in [-0.25, -0.2) is 18.2 Å². The van der Waals surface area contributed by atoms with Gasteiger partial charge in [-0.2, -0.15) is 40.6 Å². The highest BCUT2D eigenvalue weighted by Gasteiger charge is 2.34. The highest BCUT2D eigenvalue weighted by Crippen LogP contribution is 2.33. The molecule has 0 aliphatic carbocycles. The van der Waals surface area contributed by atoms with E-state index in [0.717, 1.165) is 36.5 Å². The molecule has 3 heterocycles. The van der Waals surface area contributed by atoms with Gasteiger partial charge in [-0.15, -0.1) is 5.10 Å². The van der Waals surface area contributed by atoms with E-state index in [1.807, 2.05) is 0 Å². The molecule has 0 aliphatic heterocycles. The fourth-order valence-electron chi connectivity index (χ4n) is 3.17. The van der Waals surface area contributed by atoms with Crippen LogP contribution in [0.15, 0.2) is 58.4 Å². The van der Waals surface area contributed by atoms with Gasteiger partial charge in [0, 0.05) is 11.8 Å². The van der Waals surface area contributed by atoms with Crippen molar-refractivity contribution in [2.24, 2.45) is 0 Å². The predicted molar refractivity (Wildman–Crippen MR) is 110 cm³/mol. The normalized spacial score (nSPS) is 12.9. The fraction of sp³-hybridized carbons (Fsp3) is 0.200. The molecule has 0 bridgehead atoms. The van der Waals surface area contributed by atoms with Gasteiger partial charge in [-0.05, 0) is 35.9 Å². The summed E-state index contributed by atoms with van der Waals surface area (Å²) in [6.45, 7) is 1.29. The molecule has 8 nitrogen and oxygen atoms in total. The van der Waals surface area contributed by atoms with Crippen molar-refractivity contribution in [2.75, 3.05) is 5.75 Å². The van der Waals surface area contributed by atoms with E-state index in [4.69, 9.17) is 0 Å². The van der Waals surface area contributed by atoms with Crippen LogP contribution < -0.4 is 5.69 Å². The molecule has 1 aromatic carbocycles. The summed E-state index contributed by atoms with van der Waals surface area (Å²) < 4.78 is 105. The van der Waals surface area contributed by atoms with E-state index >= 15 is 0 Å². The number of halogens is 6. The second kappa shape index (κ2) is 8.18. The van der Waals surface area contributed by atoms with E-state index in [9.17, 15) is 39.6 Å². The summed E-state index contributed by atoms with van der Waals surface area (Å²) in [6, 6.07) is 6.59. The Labute approximate surface area is 192 Å². The molecule has 0 radical (unpaired) electrons. The number of fused-ring (bicyclic) bond motifs is 1. The van der Waals surface area contributed by atoms with E-state index in [1.54, 1.807) is 0 Å². The maximum absolute atomic E-state index is 13.1. The predicted octanol–water partition coefficient (Wildman–Crippen LogP) is 3.77. The number of nitrogens with zero attached hydrogens (tertiary/aromatic N) is 5. The second-order valence-electron chi connectivity index (χ2n) is 7.21. The lowest BCUT2D eigenvalue weighted by Gasteiger charge is -2.12. The molecular formula is C20H13F6N5O3S. The molecule has 184 valence electrons. The summed E-state index contributed by atoms with van der Waals surface area (Å²) in [5.74, 6) is -1.00. The quantitative estimate of drug-likeness (QED) is 0.382. The van der Waals surface area contributed by atoms with E-state index in [2.05, 4.69) is 15.2 Å². The number of pyridine rings is 1. The zero-order valence-electron chi connectivity index (χ0n) is 17.5. The summed E-state index contributed by atoms with van der Waals surface area (Å²) in [5, 5.41) is 7.04. The van der Waals surface area contributed by atoms with Crippen molar-refractivity contribution < 1.29 is 34.8 Å². The van der Waals surface area contributed by atoms with Crippen molar-refractivity contribution in [3.05, 3.63) is 70.4 Å². The highest BCUT2D eigenvalue weighted by molar-refractivity contribution is 7.91. The van der Waals surface area contributed by atoms with Crippen LogP contribution in [0, 0.1) is 0 Å². The van der Waals surface area contributed by atoms with Gasteiger partial charge in [0.25, 0.3) is 0 Å². The molecule has 4 rings (SSSR count). The maximum Gasteiger partial charge on any atom is 0.435 e. The average Bonchev–Trinajstić information content (AvgIpc) is 3.13. The van der Waals surface area contributed by atoms with Crippen LogP contribution in [-0.2, 0) is 22.2 Å². The van der Waals surface area contributed by atoms with Gasteiger partial charge >= 0.3 is 18.0 Å². The molecule has 0 aliphatic rings. The largest absolute Gasteiger partial charge is 0.435 e. The smallest absolute Gasteiger partial charge is 0.243 e. The van der Waals surface area contributed by atoms with Crippen LogP contribution in [0.2, 0.25) is 0 Å². The summed E-state index contributed by atoms with van der Waals surface area (Å²) >= 11 is 0. The number of aromatic nitrogens is 5. The van der Waals surface area contributed by atoms with Gasteiger partial charge in [-0.3, -0.25) is 0 Å². The lowest BCUT2D eigenvalue weighted by molar-refractivity contribution is -0.142. The van der Waals surface area contributed by atoms with Crippen molar-refractivity contribution in [1.82, 2.24) is 24.4 Å². The summed E-state index contributed by atoms with van der Waals surface area (Å²) in [6.07, 6.45) is -8.46. The van der Waals surface area contributed by atoms with Crippen LogP contribution in [0.25, 0.3) is 22.6 Å². The molecule has 0 spiro atoms. The first-order valence-electron chi connectivity index (χ1n) is 9.69. The number of hydrogen-bond donors (Lipinski definition) is 0. The van der Waals surface area contributed by atoms with E-state index in [1.165, 1.54) is 13.0 Å². The zero-order valence-corrected chi connectivity index (χ0v) is 18.3. The molecule has 0 N–H and O–H groups in total. The molecule has 0 fully saturated rings. The van der Waals surface area contributed by atoms with Gasteiger partial charge in [0.15, 0.2) is 27.0 Å². The number of rotatable bonds is 4. The Morgan fingerprint density at radius 3 is 2.26 bits per heavy atom. The molecule has 15 heteroatoms. The van der Waals surface area contributed by atoms with E-state index < -0.39 is 55.6 Å². The third-order valence-corrected chi connectivity index (χ3v) is 6.67. The molecule has 3 aromatic heterocycles. The molecule has 0 saturated carbocycles. The highest BCUT2D eigenvalue weighted by atomic mass is 32.2. The average molecular weight is 517 g/mol. The molecular weight excluding hydrogens is 504 g/mol. The lowest BCUT2D eigenvalue weighted by Crippen LogP contribution is -2.25. The van der Waals surface area contributed by atoms with E-state index in [0.29, 0.717) is 15.3 Å². The molecule has 0 unspecified atom stereocenters. The Bertz CT molecular complexity index is 1610. The maximum atomic E-state index is 13.1. The molecule has 35 heavy (non-hydrogen) atoms. The minimum atomic E-state index is -4.85. The van der Waals surface area contributed by atoms with Crippen LogP contribution in [0.1, 0.15) is 18.2 Å². The third-order valence-electron chi connectivity index (χ3n) is 4.94. The third kappa shape index (κ3) is 4.50. The number of benzene rings is 1. The molecule has 4 aromatic rings. The van der Waals surface area contributed by atoms with E-state index in [-0.39, 0.29) is 16.8 Å². The van der Waals surface area contributed by atoms with Gasteiger partial charge in [0.1, 0.15) is 4.90 Å². The first-order valence-corrected chi connectivity index (χ1v) is 11.3. The van der Waals surface area contributed by atoms with Gasteiger partial charge in [-0.1, -0.05) is 19.1 Å². The number of alkyl halides is 6. The standard InChI is InChI=1S/C20H13F6N5O3S/c1-2-35(33,34)14-9-12(11-4-3-5-13(8-11)19(21,22)23)10-27-17(14)31-18(32)30-16(29-31)7-6-15(28-30)20(24,25)26/h3-10H,2H2,1H3. The van der Waals surface area contributed by atoms with Crippen molar-refractivity contribution >= 4 is 15.5 Å². The summed E-state index contributed by atoms with van der Waals surface area (Å²) in [4.78, 5) is 16.1. The monoisotopic (exact) mass is 517 g/mol. The minimum absolute atomic E-state index is 0.00108. The summed E-state index contributed by atoms with van der Waals surface area (Å²) in [7, 11) is -4.13. The lowest BCUT2D eigenvalue weighted by atomic mass is 10.0. The molecule has 0 saturated heterocycles. The Kier molecular flexibility index (Phi) is 5.70. The van der Waals surface area contributed by atoms with Crippen LogP contribution in [0.4, 0.5) is 26.3 Å². The van der Waals surface area contributed by atoms with Crippen LogP contribution in [-0.4, -0.2) is 38.5 Å². The SMILES string of the molecule is CCS(=O)(=O)c1cc(-c2cccc(C(F)(F)F)c2)cnc1-n1nc2ccc(C(F)(F)F)nn2c1=O. The molecule has 0 amide bonds. The zero-order chi connectivity index (χ0) is 25.8.